The minimum atomic E-state index is -0.316. The van der Waals surface area contributed by atoms with Crippen molar-refractivity contribution in [1.82, 2.24) is 5.32 Å². The van der Waals surface area contributed by atoms with Crippen molar-refractivity contribution in [1.29, 1.82) is 0 Å². The third kappa shape index (κ3) is 5.10. The molecule has 0 saturated carbocycles. The molecule has 0 aliphatic rings. The van der Waals surface area contributed by atoms with Gasteiger partial charge in [-0.25, -0.2) is 0 Å². The van der Waals surface area contributed by atoms with E-state index in [1.807, 2.05) is 56.3 Å². The highest BCUT2D eigenvalue weighted by atomic mass is 16.5. The monoisotopic (exact) mass is 395 g/mol. The van der Waals surface area contributed by atoms with Crippen molar-refractivity contribution in [2.24, 2.45) is 0 Å². The van der Waals surface area contributed by atoms with Gasteiger partial charge in [-0.2, -0.15) is 0 Å². The lowest BCUT2D eigenvalue weighted by molar-refractivity contribution is 0.0907. The van der Waals surface area contributed by atoms with Crippen molar-refractivity contribution in [3.63, 3.8) is 0 Å². The predicted molar refractivity (Wildman–Crippen MR) is 110 cm³/mol. The number of hydrogen-bond donors (Lipinski definition) is 1. The number of ether oxygens (including phenoxy) is 3. The zero-order valence-electron chi connectivity index (χ0n) is 17.0. The van der Waals surface area contributed by atoms with Gasteiger partial charge < -0.3 is 23.9 Å². The number of rotatable bonds is 8. The molecule has 3 aromatic rings. The predicted octanol–water partition coefficient (Wildman–Crippen LogP) is 4.68. The van der Waals surface area contributed by atoms with Gasteiger partial charge in [-0.1, -0.05) is 12.1 Å². The normalized spacial score (nSPS) is 11.6. The third-order valence-electron chi connectivity index (χ3n) is 4.51. The molecule has 0 aliphatic heterocycles. The largest absolute Gasteiger partial charge is 0.497 e. The highest BCUT2D eigenvalue weighted by Gasteiger charge is 2.18. The molecule has 0 fully saturated rings. The summed E-state index contributed by atoms with van der Waals surface area (Å²) in [6, 6.07) is 16.3. The van der Waals surface area contributed by atoms with Crippen LogP contribution in [-0.4, -0.2) is 20.1 Å². The summed E-state index contributed by atoms with van der Waals surface area (Å²) in [7, 11) is 3.19. The number of aryl methyl sites for hydroxylation is 1. The summed E-state index contributed by atoms with van der Waals surface area (Å²) in [5, 5.41) is 2.92. The second kappa shape index (κ2) is 9.19. The van der Waals surface area contributed by atoms with Crippen LogP contribution in [0.25, 0.3) is 0 Å². The number of hydrogen-bond acceptors (Lipinski definition) is 5. The minimum absolute atomic E-state index is 0.224. The van der Waals surface area contributed by atoms with E-state index in [-0.39, 0.29) is 24.3 Å². The smallest absolute Gasteiger partial charge is 0.287 e. The van der Waals surface area contributed by atoms with Crippen LogP contribution in [0.1, 0.15) is 40.4 Å². The van der Waals surface area contributed by atoms with Crippen molar-refractivity contribution in [2.75, 3.05) is 14.2 Å². The molecule has 0 spiro atoms. The highest BCUT2D eigenvalue weighted by molar-refractivity contribution is 5.91. The molecule has 2 aromatic carbocycles. The molecule has 0 saturated heterocycles. The molecule has 1 atom stereocenters. The van der Waals surface area contributed by atoms with Crippen LogP contribution in [0.3, 0.4) is 0 Å². The molecule has 0 radical (unpaired) electrons. The molecule has 29 heavy (non-hydrogen) atoms. The maximum atomic E-state index is 12.6. The average molecular weight is 395 g/mol. The number of carbonyl (C=O) groups excluding carboxylic acids is 1. The molecule has 0 bridgehead atoms. The lowest BCUT2D eigenvalue weighted by Crippen LogP contribution is -2.26. The fourth-order valence-corrected chi connectivity index (χ4v) is 2.96. The summed E-state index contributed by atoms with van der Waals surface area (Å²) in [6.45, 7) is 4.12. The molecular weight excluding hydrogens is 370 g/mol. The molecule has 1 heterocycles. The van der Waals surface area contributed by atoms with Gasteiger partial charge in [-0.3, -0.25) is 4.79 Å². The van der Waals surface area contributed by atoms with Gasteiger partial charge in [0.05, 0.1) is 20.3 Å². The molecule has 1 N–H and O–H groups in total. The molecule has 3 rings (SSSR count). The fraction of sp³-hybridized carbons (Fsp3) is 0.261. The Bertz CT molecular complexity index is 979. The first-order valence-corrected chi connectivity index (χ1v) is 9.31. The van der Waals surface area contributed by atoms with E-state index in [0.717, 1.165) is 16.9 Å². The van der Waals surface area contributed by atoms with E-state index in [2.05, 4.69) is 5.32 Å². The van der Waals surface area contributed by atoms with Crippen molar-refractivity contribution in [3.05, 3.63) is 77.2 Å². The summed E-state index contributed by atoms with van der Waals surface area (Å²) in [4.78, 5) is 12.6. The van der Waals surface area contributed by atoms with Crippen molar-refractivity contribution < 1.29 is 23.4 Å². The lowest BCUT2D eigenvalue weighted by atomic mass is 10.1. The van der Waals surface area contributed by atoms with Crippen LogP contribution >= 0.6 is 0 Å². The van der Waals surface area contributed by atoms with Gasteiger partial charge in [0, 0.05) is 5.56 Å². The maximum Gasteiger partial charge on any atom is 0.287 e. The highest BCUT2D eigenvalue weighted by Crippen LogP contribution is 2.29. The van der Waals surface area contributed by atoms with E-state index in [1.54, 1.807) is 26.4 Å². The maximum absolute atomic E-state index is 12.6. The summed E-state index contributed by atoms with van der Waals surface area (Å²) < 4.78 is 22.0. The van der Waals surface area contributed by atoms with Gasteiger partial charge in [0.15, 0.2) is 5.76 Å². The van der Waals surface area contributed by atoms with Crippen LogP contribution in [0.15, 0.2) is 59.0 Å². The molecule has 1 amide bonds. The summed E-state index contributed by atoms with van der Waals surface area (Å²) >= 11 is 0. The number of furan rings is 1. The van der Waals surface area contributed by atoms with Gasteiger partial charge in [0.25, 0.3) is 5.91 Å². The van der Waals surface area contributed by atoms with Crippen LogP contribution in [0.5, 0.6) is 17.2 Å². The molecule has 152 valence electrons. The first kappa shape index (κ1) is 20.3. The zero-order valence-corrected chi connectivity index (χ0v) is 17.0. The number of nitrogens with one attached hydrogen (secondary N) is 1. The fourth-order valence-electron chi connectivity index (χ4n) is 2.96. The van der Waals surface area contributed by atoms with Crippen LogP contribution in [0.4, 0.5) is 0 Å². The van der Waals surface area contributed by atoms with Crippen LogP contribution in [0.2, 0.25) is 0 Å². The third-order valence-corrected chi connectivity index (χ3v) is 4.51. The number of methoxy groups -OCH3 is 2. The Morgan fingerprint density at radius 3 is 2.59 bits per heavy atom. The SMILES string of the molecule is COc1ccc(OC)c(C(C)NC(=O)c2ccc(COc3cccc(C)c3)o2)c1. The molecule has 6 heteroatoms. The van der Waals surface area contributed by atoms with Gasteiger partial charge in [-0.15, -0.1) is 0 Å². The van der Waals surface area contributed by atoms with Gasteiger partial charge in [-0.05, 0) is 61.9 Å². The second-order valence-electron chi connectivity index (χ2n) is 6.67. The van der Waals surface area contributed by atoms with E-state index < -0.39 is 0 Å². The summed E-state index contributed by atoms with van der Waals surface area (Å²) in [6.07, 6.45) is 0. The molecule has 1 aromatic heterocycles. The number of carbonyl (C=O) groups is 1. The molecule has 6 nitrogen and oxygen atoms in total. The summed E-state index contributed by atoms with van der Waals surface area (Å²) in [5.74, 6) is 2.60. The second-order valence-corrected chi connectivity index (χ2v) is 6.67. The molecule has 0 aliphatic carbocycles. The Balaban J connectivity index is 1.64. The first-order valence-electron chi connectivity index (χ1n) is 9.31. The van der Waals surface area contributed by atoms with Crippen LogP contribution in [0, 0.1) is 6.92 Å². The standard InChI is InChI=1S/C23H25NO5/c1-15-6-5-7-18(12-15)28-14-19-9-11-22(29-19)23(25)24-16(2)20-13-17(26-3)8-10-21(20)27-4/h5-13,16H,14H2,1-4H3,(H,24,25). The van der Waals surface area contributed by atoms with Gasteiger partial charge in [0.2, 0.25) is 0 Å². The lowest BCUT2D eigenvalue weighted by Gasteiger charge is -2.17. The van der Waals surface area contributed by atoms with E-state index in [1.165, 1.54) is 0 Å². The van der Waals surface area contributed by atoms with E-state index in [4.69, 9.17) is 18.6 Å². The topological polar surface area (TPSA) is 69.9 Å². The Morgan fingerprint density at radius 2 is 1.86 bits per heavy atom. The van der Waals surface area contributed by atoms with Crippen molar-refractivity contribution >= 4 is 5.91 Å². The number of benzene rings is 2. The van der Waals surface area contributed by atoms with Gasteiger partial charge in [0.1, 0.15) is 29.6 Å². The zero-order chi connectivity index (χ0) is 20.8. The van der Waals surface area contributed by atoms with E-state index in [9.17, 15) is 4.79 Å². The summed E-state index contributed by atoms with van der Waals surface area (Å²) in [5.41, 5.74) is 1.93. The quantitative estimate of drug-likeness (QED) is 0.600. The van der Waals surface area contributed by atoms with E-state index in [0.29, 0.717) is 17.3 Å². The van der Waals surface area contributed by atoms with Crippen molar-refractivity contribution in [2.45, 2.75) is 26.5 Å². The first-order chi connectivity index (χ1) is 14.0. The van der Waals surface area contributed by atoms with Gasteiger partial charge >= 0.3 is 0 Å². The van der Waals surface area contributed by atoms with Crippen molar-refractivity contribution in [3.8, 4) is 17.2 Å². The van der Waals surface area contributed by atoms with E-state index >= 15 is 0 Å². The minimum Gasteiger partial charge on any atom is -0.497 e. The average Bonchev–Trinajstić information content (AvgIpc) is 3.21. The Hall–Kier alpha value is -3.41. The van der Waals surface area contributed by atoms with Crippen LogP contribution in [-0.2, 0) is 6.61 Å². The Morgan fingerprint density at radius 1 is 1.03 bits per heavy atom. The Labute approximate surface area is 170 Å². The molecular formula is C23H25NO5. The molecule has 1 unspecified atom stereocenters. The number of amides is 1. The van der Waals surface area contributed by atoms with Crippen LogP contribution < -0.4 is 19.5 Å². The Kier molecular flexibility index (Phi) is 6.44.